The van der Waals surface area contributed by atoms with Crippen LogP contribution in [0.3, 0.4) is 0 Å². The zero-order chi connectivity index (χ0) is 12.1. The van der Waals surface area contributed by atoms with Crippen molar-refractivity contribution in [2.24, 2.45) is 11.8 Å². The summed E-state index contributed by atoms with van der Waals surface area (Å²) in [5.41, 5.74) is 0. The van der Waals surface area contributed by atoms with Crippen LogP contribution in [-0.2, 0) is 0 Å². The van der Waals surface area contributed by atoms with Crippen LogP contribution in [0, 0.1) is 11.8 Å². The second-order valence-corrected chi connectivity index (χ2v) is 6.15. The van der Waals surface area contributed by atoms with Crippen LogP contribution in [0.15, 0.2) is 0 Å². The van der Waals surface area contributed by atoms with E-state index in [-0.39, 0.29) is 0 Å². The van der Waals surface area contributed by atoms with Crippen LogP contribution in [0.5, 0.6) is 0 Å². The highest BCUT2D eigenvalue weighted by Crippen LogP contribution is 2.30. The van der Waals surface area contributed by atoms with E-state index in [0.717, 1.165) is 17.9 Å². The summed E-state index contributed by atoms with van der Waals surface area (Å²) in [6, 6.07) is 0.878. The summed E-state index contributed by atoms with van der Waals surface area (Å²) in [4.78, 5) is 2.70. The van der Waals surface area contributed by atoms with Gasteiger partial charge in [-0.3, -0.25) is 0 Å². The molecule has 2 unspecified atom stereocenters. The van der Waals surface area contributed by atoms with Crippen LogP contribution in [0.25, 0.3) is 0 Å². The highest BCUT2D eigenvalue weighted by Gasteiger charge is 2.28. The fourth-order valence-electron chi connectivity index (χ4n) is 3.85. The van der Waals surface area contributed by atoms with Gasteiger partial charge in [0, 0.05) is 12.6 Å². The number of nitrogens with one attached hydrogen (secondary N) is 1. The lowest BCUT2D eigenvalue weighted by molar-refractivity contribution is 0.103. The topological polar surface area (TPSA) is 15.3 Å². The largest absolute Gasteiger partial charge is 0.317 e. The van der Waals surface area contributed by atoms with Crippen molar-refractivity contribution in [1.29, 1.82) is 0 Å². The number of rotatable bonds is 4. The molecule has 0 spiro atoms. The Morgan fingerprint density at radius 3 is 2.47 bits per heavy atom. The van der Waals surface area contributed by atoms with Gasteiger partial charge in [0.1, 0.15) is 0 Å². The Morgan fingerprint density at radius 1 is 1.06 bits per heavy atom. The fourth-order valence-corrected chi connectivity index (χ4v) is 3.85. The van der Waals surface area contributed by atoms with E-state index in [4.69, 9.17) is 0 Å². The first kappa shape index (κ1) is 13.4. The van der Waals surface area contributed by atoms with E-state index in [0.29, 0.717) is 0 Å². The molecule has 2 fully saturated rings. The maximum atomic E-state index is 3.47. The third-order valence-corrected chi connectivity index (χ3v) is 4.96. The quantitative estimate of drug-likeness (QED) is 0.810. The van der Waals surface area contributed by atoms with Crippen molar-refractivity contribution in [1.82, 2.24) is 10.2 Å². The zero-order valence-corrected chi connectivity index (χ0v) is 11.8. The maximum absolute atomic E-state index is 3.47. The monoisotopic (exact) mass is 238 g/mol. The lowest BCUT2D eigenvalue weighted by Gasteiger charge is -2.40. The molecule has 2 heteroatoms. The Kier molecular flexibility index (Phi) is 5.30. The molecule has 0 radical (unpaired) electrons. The summed E-state index contributed by atoms with van der Waals surface area (Å²) in [5, 5.41) is 3.47. The van der Waals surface area contributed by atoms with Gasteiger partial charge in [-0.05, 0) is 57.7 Å². The lowest BCUT2D eigenvalue weighted by Crippen LogP contribution is -2.43. The predicted molar refractivity (Wildman–Crippen MR) is 74.3 cm³/mol. The smallest absolute Gasteiger partial charge is 0.0120 e. The predicted octanol–water partition coefficient (Wildman–Crippen LogP) is 2.89. The Morgan fingerprint density at radius 2 is 1.76 bits per heavy atom. The SMILES string of the molecule is CCC1CCCCC1N(C)CC1CCNCC1. The Bertz CT molecular complexity index is 211. The fraction of sp³-hybridized carbons (Fsp3) is 1.00. The normalized spacial score (nSPS) is 31.9. The molecule has 1 aliphatic heterocycles. The molecule has 1 heterocycles. The van der Waals surface area contributed by atoms with E-state index in [9.17, 15) is 0 Å². The molecule has 0 aromatic carbocycles. The number of piperidine rings is 1. The minimum atomic E-state index is 0.878. The molecular weight excluding hydrogens is 208 g/mol. The first-order valence-corrected chi connectivity index (χ1v) is 7.72. The summed E-state index contributed by atoms with van der Waals surface area (Å²) in [5.74, 6) is 1.91. The van der Waals surface area contributed by atoms with E-state index in [1.165, 1.54) is 64.6 Å². The van der Waals surface area contributed by atoms with Crippen LogP contribution in [-0.4, -0.2) is 37.6 Å². The summed E-state index contributed by atoms with van der Waals surface area (Å²) in [6.07, 6.45) is 9.98. The van der Waals surface area contributed by atoms with Crippen molar-refractivity contribution < 1.29 is 0 Å². The summed E-state index contributed by atoms with van der Waals surface area (Å²) in [7, 11) is 2.38. The second-order valence-electron chi connectivity index (χ2n) is 6.15. The van der Waals surface area contributed by atoms with E-state index in [2.05, 4.69) is 24.2 Å². The number of nitrogens with zero attached hydrogens (tertiary/aromatic N) is 1. The van der Waals surface area contributed by atoms with Crippen LogP contribution < -0.4 is 5.32 Å². The number of hydrogen-bond donors (Lipinski definition) is 1. The van der Waals surface area contributed by atoms with Gasteiger partial charge < -0.3 is 10.2 Å². The highest BCUT2D eigenvalue weighted by atomic mass is 15.1. The van der Waals surface area contributed by atoms with Crippen LogP contribution >= 0.6 is 0 Å². The van der Waals surface area contributed by atoms with Crippen molar-refractivity contribution >= 4 is 0 Å². The van der Waals surface area contributed by atoms with E-state index >= 15 is 0 Å². The Hall–Kier alpha value is -0.0800. The average Bonchev–Trinajstić information content (AvgIpc) is 2.40. The molecule has 1 N–H and O–H groups in total. The second kappa shape index (κ2) is 6.75. The first-order valence-electron chi connectivity index (χ1n) is 7.72. The molecule has 2 rings (SSSR count). The summed E-state index contributed by atoms with van der Waals surface area (Å²) in [6.45, 7) is 6.19. The zero-order valence-electron chi connectivity index (χ0n) is 11.8. The summed E-state index contributed by atoms with van der Waals surface area (Å²) >= 11 is 0. The minimum absolute atomic E-state index is 0.878. The molecule has 0 bridgehead atoms. The first-order chi connectivity index (χ1) is 8.31. The van der Waals surface area contributed by atoms with Gasteiger partial charge >= 0.3 is 0 Å². The molecule has 1 saturated heterocycles. The lowest BCUT2D eigenvalue weighted by atomic mass is 9.81. The van der Waals surface area contributed by atoms with Crippen LogP contribution in [0.2, 0.25) is 0 Å². The van der Waals surface area contributed by atoms with Gasteiger partial charge in [-0.2, -0.15) is 0 Å². The molecule has 2 aliphatic rings. The highest BCUT2D eigenvalue weighted by molar-refractivity contribution is 4.83. The third kappa shape index (κ3) is 3.69. The third-order valence-electron chi connectivity index (χ3n) is 4.96. The van der Waals surface area contributed by atoms with Gasteiger partial charge in [-0.15, -0.1) is 0 Å². The molecule has 1 saturated carbocycles. The van der Waals surface area contributed by atoms with Gasteiger partial charge in [0.25, 0.3) is 0 Å². The van der Waals surface area contributed by atoms with Gasteiger partial charge in [-0.25, -0.2) is 0 Å². The van der Waals surface area contributed by atoms with Crippen molar-refractivity contribution in [2.45, 2.75) is 57.9 Å². The van der Waals surface area contributed by atoms with Crippen LogP contribution in [0.4, 0.5) is 0 Å². The van der Waals surface area contributed by atoms with E-state index in [1.807, 2.05) is 0 Å². The Labute approximate surface area is 107 Å². The molecule has 0 amide bonds. The molecule has 0 aromatic heterocycles. The van der Waals surface area contributed by atoms with Crippen LogP contribution in [0.1, 0.15) is 51.9 Å². The van der Waals surface area contributed by atoms with Gasteiger partial charge in [0.2, 0.25) is 0 Å². The van der Waals surface area contributed by atoms with Gasteiger partial charge in [0.05, 0.1) is 0 Å². The van der Waals surface area contributed by atoms with Crippen molar-refractivity contribution in [3.63, 3.8) is 0 Å². The van der Waals surface area contributed by atoms with Crippen molar-refractivity contribution in [2.75, 3.05) is 26.7 Å². The molecule has 2 atom stereocenters. The molecule has 100 valence electrons. The van der Waals surface area contributed by atoms with Crippen molar-refractivity contribution in [3.05, 3.63) is 0 Å². The van der Waals surface area contributed by atoms with E-state index < -0.39 is 0 Å². The standard InChI is InChI=1S/C15H30N2/c1-3-14-6-4-5-7-15(14)17(2)12-13-8-10-16-11-9-13/h13-16H,3-12H2,1-2H3. The van der Waals surface area contributed by atoms with E-state index in [1.54, 1.807) is 0 Å². The molecular formula is C15H30N2. The molecule has 17 heavy (non-hydrogen) atoms. The van der Waals surface area contributed by atoms with Gasteiger partial charge in [-0.1, -0.05) is 26.2 Å². The molecule has 1 aliphatic carbocycles. The maximum Gasteiger partial charge on any atom is 0.0120 e. The average molecular weight is 238 g/mol. The van der Waals surface area contributed by atoms with Crippen molar-refractivity contribution in [3.8, 4) is 0 Å². The minimum Gasteiger partial charge on any atom is -0.317 e. The molecule has 0 aromatic rings. The number of hydrogen-bond acceptors (Lipinski definition) is 2. The Balaban J connectivity index is 1.82. The van der Waals surface area contributed by atoms with Gasteiger partial charge in [0.15, 0.2) is 0 Å². The summed E-state index contributed by atoms with van der Waals surface area (Å²) < 4.78 is 0. The molecule has 2 nitrogen and oxygen atoms in total.